The molecule has 228 valence electrons. The second-order valence-corrected chi connectivity index (χ2v) is 10.7. The number of nitrogens with one attached hydrogen (secondary N) is 1. The van der Waals surface area contributed by atoms with Gasteiger partial charge >= 0.3 is 17.9 Å². The van der Waals surface area contributed by atoms with Crippen molar-refractivity contribution in [2.24, 2.45) is 0 Å². The minimum Gasteiger partial charge on any atom is -0.469 e. The third kappa shape index (κ3) is 6.67. The van der Waals surface area contributed by atoms with Crippen LogP contribution in [0.15, 0.2) is 29.2 Å². The first-order chi connectivity index (χ1) is 19.7. The number of hydrogen-bond acceptors (Lipinski definition) is 9. The molecule has 0 radical (unpaired) electrons. The van der Waals surface area contributed by atoms with Gasteiger partial charge in [-0.3, -0.25) is 9.59 Å². The number of carbonyl (C=O) groups excluding carboxylic acids is 4. The lowest BCUT2D eigenvalue weighted by molar-refractivity contribution is -0.144. The number of methoxy groups -OCH3 is 2. The molecule has 0 unspecified atom stereocenters. The van der Waals surface area contributed by atoms with Crippen LogP contribution in [0.1, 0.15) is 36.0 Å². The van der Waals surface area contributed by atoms with E-state index in [0.717, 1.165) is 38.5 Å². The number of ether oxygens (including phenoxy) is 3. The van der Waals surface area contributed by atoms with E-state index >= 15 is 0 Å². The summed E-state index contributed by atoms with van der Waals surface area (Å²) in [6, 6.07) is 1.32. The largest absolute Gasteiger partial charge is 0.469 e. The van der Waals surface area contributed by atoms with E-state index in [9.17, 15) is 49.5 Å². The molecule has 0 bridgehead atoms. The molecule has 1 N–H and O–H groups in total. The Morgan fingerprint density at radius 3 is 2.05 bits per heavy atom. The minimum atomic E-state index is -4.49. The van der Waals surface area contributed by atoms with Crippen molar-refractivity contribution in [1.29, 1.82) is 0 Å². The normalized spacial score (nSPS) is 16.0. The SMILES string of the molecule is COC(=O)CC[C@H](NC(=O)c1ccc(S(=O)(=O)N2CCC[C@@H]2C(=O)Oc2c(F)c(F)c(F)c(F)c2F)cc1)C(=O)OC. The molecule has 1 fully saturated rings. The van der Waals surface area contributed by atoms with Crippen molar-refractivity contribution in [3.8, 4) is 5.75 Å². The van der Waals surface area contributed by atoms with E-state index in [-0.39, 0.29) is 37.8 Å². The molecule has 1 heterocycles. The van der Waals surface area contributed by atoms with Gasteiger partial charge in [-0.1, -0.05) is 0 Å². The lowest BCUT2D eigenvalue weighted by Gasteiger charge is -2.23. The number of rotatable bonds is 10. The van der Waals surface area contributed by atoms with Gasteiger partial charge in [0, 0.05) is 18.5 Å². The topological polar surface area (TPSA) is 145 Å². The Bertz CT molecular complexity index is 1470. The van der Waals surface area contributed by atoms with Gasteiger partial charge in [0.15, 0.2) is 0 Å². The number of esters is 3. The molecule has 0 aliphatic carbocycles. The molecule has 2 atom stereocenters. The molecular formula is C25H23F5N2O9S. The van der Waals surface area contributed by atoms with Gasteiger partial charge in [0.2, 0.25) is 44.9 Å². The fourth-order valence-corrected chi connectivity index (χ4v) is 5.66. The fourth-order valence-electron chi connectivity index (χ4n) is 4.02. The predicted octanol–water partition coefficient (Wildman–Crippen LogP) is 2.37. The summed E-state index contributed by atoms with van der Waals surface area (Å²) in [4.78, 5) is 48.3. The summed E-state index contributed by atoms with van der Waals surface area (Å²) in [7, 11) is -2.28. The molecule has 1 aliphatic rings. The van der Waals surface area contributed by atoms with Crippen molar-refractivity contribution in [2.75, 3.05) is 20.8 Å². The van der Waals surface area contributed by atoms with Crippen LogP contribution in [0.2, 0.25) is 0 Å². The van der Waals surface area contributed by atoms with Crippen molar-refractivity contribution in [2.45, 2.75) is 42.7 Å². The van der Waals surface area contributed by atoms with Gasteiger partial charge in [-0.2, -0.15) is 13.1 Å². The highest BCUT2D eigenvalue weighted by atomic mass is 32.2. The standard InChI is InChI=1S/C25H23F5N2O9S/c1-39-16(33)10-9-14(24(35)40-2)31-23(34)12-5-7-13(8-6-12)42(37,38)32-11-3-4-15(32)25(36)41-22-20(29)18(27)17(26)19(28)21(22)30/h5-8,14-15H,3-4,9-11H2,1-2H3,(H,31,34)/t14-,15+/m0/s1. The Kier molecular flexibility index (Phi) is 10.2. The highest BCUT2D eigenvalue weighted by molar-refractivity contribution is 7.89. The van der Waals surface area contributed by atoms with Crippen molar-refractivity contribution in [3.63, 3.8) is 0 Å². The highest BCUT2D eigenvalue weighted by Gasteiger charge is 2.42. The van der Waals surface area contributed by atoms with E-state index in [1.165, 1.54) is 0 Å². The van der Waals surface area contributed by atoms with Gasteiger partial charge in [0.1, 0.15) is 12.1 Å². The molecule has 17 heteroatoms. The Balaban J connectivity index is 1.77. The summed E-state index contributed by atoms with van der Waals surface area (Å²) in [5, 5.41) is 2.36. The van der Waals surface area contributed by atoms with Crippen molar-refractivity contribution in [3.05, 3.63) is 58.9 Å². The molecule has 1 aliphatic heterocycles. The van der Waals surface area contributed by atoms with E-state index in [2.05, 4.69) is 19.5 Å². The maximum absolute atomic E-state index is 14.0. The maximum Gasteiger partial charge on any atom is 0.330 e. The Labute approximate surface area is 235 Å². The third-order valence-corrected chi connectivity index (χ3v) is 8.15. The van der Waals surface area contributed by atoms with Crippen LogP contribution in [0.3, 0.4) is 0 Å². The number of hydrogen-bond donors (Lipinski definition) is 1. The lowest BCUT2D eigenvalue weighted by Crippen LogP contribution is -2.42. The van der Waals surface area contributed by atoms with E-state index in [0.29, 0.717) is 4.31 Å². The van der Waals surface area contributed by atoms with Crippen molar-refractivity contribution in [1.82, 2.24) is 9.62 Å². The van der Waals surface area contributed by atoms with E-state index in [1.54, 1.807) is 0 Å². The van der Waals surface area contributed by atoms with Crippen LogP contribution in [0.25, 0.3) is 0 Å². The van der Waals surface area contributed by atoms with Gasteiger partial charge in [-0.05, 0) is 43.5 Å². The monoisotopic (exact) mass is 622 g/mol. The zero-order valence-electron chi connectivity index (χ0n) is 21.9. The van der Waals surface area contributed by atoms with Crippen LogP contribution < -0.4 is 10.1 Å². The molecular weight excluding hydrogens is 599 g/mol. The second-order valence-electron chi connectivity index (χ2n) is 8.78. The van der Waals surface area contributed by atoms with Gasteiger partial charge in [-0.15, -0.1) is 0 Å². The van der Waals surface area contributed by atoms with Gasteiger partial charge < -0.3 is 19.5 Å². The molecule has 2 aromatic carbocycles. The van der Waals surface area contributed by atoms with E-state index in [1.807, 2.05) is 0 Å². The molecule has 1 saturated heterocycles. The summed E-state index contributed by atoms with van der Waals surface area (Å²) < 4.78 is 109. The number of benzene rings is 2. The fraction of sp³-hybridized carbons (Fsp3) is 0.360. The van der Waals surface area contributed by atoms with Crippen LogP contribution in [-0.4, -0.2) is 69.4 Å². The van der Waals surface area contributed by atoms with Crippen LogP contribution >= 0.6 is 0 Å². The van der Waals surface area contributed by atoms with Gasteiger partial charge in [0.05, 0.1) is 19.1 Å². The molecule has 1 amide bonds. The minimum absolute atomic E-state index is 0.0929. The summed E-state index contributed by atoms with van der Waals surface area (Å²) in [6.07, 6.45) is -0.446. The molecule has 0 saturated carbocycles. The number of halogens is 5. The van der Waals surface area contributed by atoms with Crippen LogP contribution in [0, 0.1) is 29.1 Å². The lowest BCUT2D eigenvalue weighted by atomic mass is 10.1. The predicted molar refractivity (Wildman–Crippen MR) is 130 cm³/mol. The summed E-state index contributed by atoms with van der Waals surface area (Å²) in [5.41, 5.74) is -0.0929. The smallest absolute Gasteiger partial charge is 0.330 e. The molecule has 2 aromatic rings. The number of sulfonamides is 1. The van der Waals surface area contributed by atoms with Crippen molar-refractivity contribution >= 4 is 33.8 Å². The van der Waals surface area contributed by atoms with E-state index in [4.69, 9.17) is 0 Å². The molecule has 11 nitrogen and oxygen atoms in total. The first kappa shape index (κ1) is 32.4. The second kappa shape index (κ2) is 13.2. The first-order valence-electron chi connectivity index (χ1n) is 12.0. The van der Waals surface area contributed by atoms with E-state index < -0.39 is 85.7 Å². The molecule has 0 spiro atoms. The molecule has 42 heavy (non-hydrogen) atoms. The molecule has 0 aromatic heterocycles. The van der Waals surface area contributed by atoms with Gasteiger partial charge in [-0.25, -0.2) is 31.2 Å². The third-order valence-electron chi connectivity index (χ3n) is 6.23. The summed E-state index contributed by atoms with van der Waals surface area (Å²) >= 11 is 0. The van der Waals surface area contributed by atoms with Crippen molar-refractivity contribution < 1.29 is 63.8 Å². The average Bonchev–Trinajstić information content (AvgIpc) is 3.50. The Morgan fingerprint density at radius 2 is 1.50 bits per heavy atom. The number of carbonyl (C=O) groups is 4. The number of nitrogens with zero attached hydrogens (tertiary/aromatic N) is 1. The van der Waals surface area contributed by atoms with Gasteiger partial charge in [0.25, 0.3) is 5.91 Å². The number of amides is 1. The average molecular weight is 623 g/mol. The highest BCUT2D eigenvalue weighted by Crippen LogP contribution is 2.32. The zero-order chi connectivity index (χ0) is 31.4. The van der Waals surface area contributed by atoms with Crippen LogP contribution in [0.4, 0.5) is 22.0 Å². The summed E-state index contributed by atoms with van der Waals surface area (Å²) in [6.45, 7) is -0.248. The van der Waals surface area contributed by atoms with Crippen LogP contribution in [-0.2, 0) is 33.9 Å². The Morgan fingerprint density at radius 1 is 0.929 bits per heavy atom. The quantitative estimate of drug-likeness (QED) is 0.139. The van der Waals surface area contributed by atoms with Crippen LogP contribution in [0.5, 0.6) is 5.75 Å². The maximum atomic E-state index is 14.0. The summed E-state index contributed by atoms with van der Waals surface area (Å²) in [5.74, 6) is -17.7. The zero-order valence-corrected chi connectivity index (χ0v) is 22.7. The first-order valence-corrected chi connectivity index (χ1v) is 13.5. The molecule has 3 rings (SSSR count). The Hall–Kier alpha value is -4.12.